The molecular formula is C18H26N4O2. The number of carbonyl (C=O) groups is 1. The molecule has 0 aliphatic heterocycles. The van der Waals surface area contributed by atoms with Crippen LogP contribution in [0.15, 0.2) is 10.9 Å². The third kappa shape index (κ3) is 3.09. The monoisotopic (exact) mass is 330 g/mol. The molecule has 0 unspecified atom stereocenters. The van der Waals surface area contributed by atoms with E-state index in [-0.39, 0.29) is 11.5 Å². The summed E-state index contributed by atoms with van der Waals surface area (Å²) in [5, 5.41) is 2.74. The fourth-order valence-electron chi connectivity index (χ4n) is 3.72. The van der Waals surface area contributed by atoms with Crippen LogP contribution < -0.4 is 5.56 Å². The summed E-state index contributed by atoms with van der Waals surface area (Å²) in [5.74, 6) is 0.891. The van der Waals surface area contributed by atoms with Gasteiger partial charge in [-0.05, 0) is 45.4 Å². The van der Waals surface area contributed by atoms with Crippen molar-refractivity contribution in [2.24, 2.45) is 5.92 Å². The largest absolute Gasteiger partial charge is 0.342 e. The van der Waals surface area contributed by atoms with E-state index in [1.165, 1.54) is 18.9 Å². The predicted octanol–water partition coefficient (Wildman–Crippen LogP) is 2.22. The quantitative estimate of drug-likeness (QED) is 0.938. The van der Waals surface area contributed by atoms with Crippen LogP contribution in [0, 0.1) is 19.8 Å². The number of aryl methyl sites for hydroxylation is 2. The third-order valence-electron chi connectivity index (χ3n) is 5.46. The van der Waals surface area contributed by atoms with Crippen molar-refractivity contribution in [1.29, 1.82) is 0 Å². The smallest absolute Gasteiger partial charge is 0.266 e. The summed E-state index contributed by atoms with van der Waals surface area (Å²) in [4.78, 5) is 30.7. The van der Waals surface area contributed by atoms with Gasteiger partial charge in [-0.25, -0.2) is 9.50 Å². The van der Waals surface area contributed by atoms with Crippen LogP contribution in [0.2, 0.25) is 0 Å². The van der Waals surface area contributed by atoms with Gasteiger partial charge >= 0.3 is 0 Å². The number of hydrogen-bond acceptors (Lipinski definition) is 3. The number of nitrogens with one attached hydrogen (secondary N) is 1. The Bertz CT molecular complexity index is 812. The lowest BCUT2D eigenvalue weighted by atomic mass is 9.86. The molecule has 0 radical (unpaired) electrons. The van der Waals surface area contributed by atoms with Crippen LogP contribution in [0.25, 0.3) is 5.65 Å². The van der Waals surface area contributed by atoms with Gasteiger partial charge < -0.3 is 4.90 Å². The summed E-state index contributed by atoms with van der Waals surface area (Å²) in [5.41, 5.74) is 3.00. The van der Waals surface area contributed by atoms with Gasteiger partial charge in [-0.15, -0.1) is 0 Å². The highest BCUT2D eigenvalue weighted by atomic mass is 16.2. The zero-order valence-electron chi connectivity index (χ0n) is 14.9. The number of likely N-dealkylation sites (N-methyl/N-ethyl adjacent to an activating group) is 1. The van der Waals surface area contributed by atoms with Gasteiger partial charge in [0.1, 0.15) is 0 Å². The SMILES string of the molecule is Cc1nc2cc(=O)[nH]n2c(C)c1CC(=O)N(C)C1CCC(C)CC1. The van der Waals surface area contributed by atoms with Gasteiger partial charge in [-0.2, -0.15) is 0 Å². The van der Waals surface area contributed by atoms with Crippen LogP contribution in [0.3, 0.4) is 0 Å². The maximum atomic E-state index is 12.8. The lowest BCUT2D eigenvalue weighted by Crippen LogP contribution is -2.40. The molecule has 130 valence electrons. The molecule has 2 aromatic heterocycles. The fourth-order valence-corrected chi connectivity index (χ4v) is 3.72. The molecule has 3 rings (SSSR count). The highest BCUT2D eigenvalue weighted by Crippen LogP contribution is 2.27. The first-order valence-electron chi connectivity index (χ1n) is 8.70. The minimum absolute atomic E-state index is 0.122. The number of carbonyl (C=O) groups excluding carboxylic acids is 1. The number of nitrogens with zero attached hydrogens (tertiary/aromatic N) is 3. The first-order valence-corrected chi connectivity index (χ1v) is 8.70. The van der Waals surface area contributed by atoms with Crippen molar-refractivity contribution in [3.05, 3.63) is 33.4 Å². The van der Waals surface area contributed by atoms with Crippen LogP contribution in [0.5, 0.6) is 0 Å². The zero-order chi connectivity index (χ0) is 17.4. The van der Waals surface area contributed by atoms with Gasteiger partial charge in [0.05, 0.1) is 6.42 Å². The molecule has 1 amide bonds. The number of aromatic amines is 1. The van der Waals surface area contributed by atoms with E-state index < -0.39 is 0 Å². The standard InChI is InChI=1S/C18H26N4O2/c1-11-5-7-14(8-6-11)21(4)18(24)9-15-12(2)19-16-10-17(23)20-22(16)13(15)3/h10-11,14H,5-9H2,1-4H3,(H,20,23). The van der Waals surface area contributed by atoms with Crippen molar-refractivity contribution in [3.8, 4) is 0 Å². The van der Waals surface area contributed by atoms with Gasteiger partial charge in [-0.1, -0.05) is 6.92 Å². The van der Waals surface area contributed by atoms with E-state index in [1.54, 1.807) is 4.52 Å². The minimum atomic E-state index is -0.179. The fraction of sp³-hybridized carbons (Fsp3) is 0.611. The average molecular weight is 330 g/mol. The van der Waals surface area contributed by atoms with E-state index in [1.807, 2.05) is 25.8 Å². The summed E-state index contributed by atoms with van der Waals surface area (Å²) in [6.07, 6.45) is 4.88. The van der Waals surface area contributed by atoms with E-state index in [0.29, 0.717) is 18.1 Å². The molecule has 0 bridgehead atoms. The normalized spacial score (nSPS) is 21.2. The molecule has 24 heavy (non-hydrogen) atoms. The second-order valence-electron chi connectivity index (χ2n) is 7.17. The number of rotatable bonds is 3. The molecule has 0 aromatic carbocycles. The summed E-state index contributed by atoms with van der Waals surface area (Å²) in [7, 11) is 1.91. The molecule has 0 spiro atoms. The second kappa shape index (κ2) is 6.42. The Balaban J connectivity index is 1.81. The molecule has 1 aliphatic rings. The Morgan fingerprint density at radius 2 is 2.00 bits per heavy atom. The van der Waals surface area contributed by atoms with Crippen molar-refractivity contribution < 1.29 is 4.79 Å². The van der Waals surface area contributed by atoms with Crippen LogP contribution in [-0.4, -0.2) is 38.5 Å². The molecule has 2 heterocycles. The van der Waals surface area contributed by atoms with Crippen molar-refractivity contribution in [3.63, 3.8) is 0 Å². The molecule has 1 saturated carbocycles. The molecular weight excluding hydrogens is 304 g/mol. The van der Waals surface area contributed by atoms with Gasteiger partial charge in [-0.3, -0.25) is 14.7 Å². The maximum absolute atomic E-state index is 12.8. The Hall–Kier alpha value is -2.11. The van der Waals surface area contributed by atoms with Crippen LogP contribution >= 0.6 is 0 Å². The van der Waals surface area contributed by atoms with E-state index in [2.05, 4.69) is 17.0 Å². The summed E-state index contributed by atoms with van der Waals surface area (Å²) >= 11 is 0. The van der Waals surface area contributed by atoms with Crippen LogP contribution in [0.1, 0.15) is 49.6 Å². The number of fused-ring (bicyclic) bond motifs is 1. The molecule has 6 heteroatoms. The minimum Gasteiger partial charge on any atom is -0.342 e. The third-order valence-corrected chi connectivity index (χ3v) is 5.46. The molecule has 1 fully saturated rings. The van der Waals surface area contributed by atoms with Crippen molar-refractivity contribution >= 4 is 11.6 Å². The number of H-pyrrole nitrogens is 1. The highest BCUT2D eigenvalue weighted by Gasteiger charge is 2.25. The topological polar surface area (TPSA) is 70.5 Å². The van der Waals surface area contributed by atoms with Crippen molar-refractivity contribution in [2.45, 2.75) is 58.9 Å². The van der Waals surface area contributed by atoms with Gasteiger partial charge in [0.15, 0.2) is 5.65 Å². The predicted molar refractivity (Wildman–Crippen MR) is 93.2 cm³/mol. The molecule has 0 atom stereocenters. The molecule has 6 nitrogen and oxygen atoms in total. The van der Waals surface area contributed by atoms with Crippen molar-refractivity contribution in [1.82, 2.24) is 19.5 Å². The van der Waals surface area contributed by atoms with Gasteiger partial charge in [0.25, 0.3) is 5.56 Å². The van der Waals surface area contributed by atoms with Gasteiger partial charge in [0, 0.05) is 36.1 Å². The number of aromatic nitrogens is 3. The van der Waals surface area contributed by atoms with Crippen LogP contribution in [0.4, 0.5) is 0 Å². The molecule has 2 aromatic rings. The van der Waals surface area contributed by atoms with E-state index in [0.717, 1.165) is 35.7 Å². The van der Waals surface area contributed by atoms with Crippen LogP contribution in [-0.2, 0) is 11.2 Å². The summed E-state index contributed by atoms with van der Waals surface area (Å²) in [6.45, 7) is 6.10. The average Bonchev–Trinajstić information content (AvgIpc) is 2.91. The van der Waals surface area contributed by atoms with E-state index in [9.17, 15) is 9.59 Å². The second-order valence-corrected chi connectivity index (χ2v) is 7.17. The number of hydrogen-bond donors (Lipinski definition) is 1. The highest BCUT2D eigenvalue weighted by molar-refractivity contribution is 5.79. The first kappa shape index (κ1) is 16.7. The van der Waals surface area contributed by atoms with Crippen molar-refractivity contribution in [2.75, 3.05) is 7.05 Å². The lowest BCUT2D eigenvalue weighted by Gasteiger charge is -2.33. The Labute approximate surface area is 141 Å². The Kier molecular flexibility index (Phi) is 4.47. The molecule has 1 aliphatic carbocycles. The molecule has 0 saturated heterocycles. The number of amides is 1. The summed E-state index contributed by atoms with van der Waals surface area (Å²) in [6, 6.07) is 1.82. The first-order chi connectivity index (χ1) is 11.4. The Morgan fingerprint density at radius 3 is 2.67 bits per heavy atom. The van der Waals surface area contributed by atoms with E-state index in [4.69, 9.17) is 0 Å². The summed E-state index contributed by atoms with van der Waals surface area (Å²) < 4.78 is 1.67. The molecule has 1 N–H and O–H groups in total. The zero-order valence-corrected chi connectivity index (χ0v) is 14.9. The Morgan fingerprint density at radius 1 is 1.33 bits per heavy atom. The maximum Gasteiger partial charge on any atom is 0.266 e. The van der Waals surface area contributed by atoms with Gasteiger partial charge in [0.2, 0.25) is 5.91 Å². The van der Waals surface area contributed by atoms with E-state index >= 15 is 0 Å². The lowest BCUT2D eigenvalue weighted by molar-refractivity contribution is -0.132.